The summed E-state index contributed by atoms with van der Waals surface area (Å²) in [6, 6.07) is 9.53. The molecule has 1 aromatic carbocycles. The van der Waals surface area contributed by atoms with Crippen molar-refractivity contribution in [3.8, 4) is 6.07 Å². The molecule has 150 valence electrons. The van der Waals surface area contributed by atoms with Gasteiger partial charge in [-0.2, -0.15) is 5.26 Å². The quantitative estimate of drug-likeness (QED) is 0.729. The molecule has 1 fully saturated rings. The standard InChI is InChI=1S/C22H24N4O3/c1-14-17(5-6-18-19(14)13-29-22(18)28)20(27)12-26-8-2-3-16(26)11-25-21-7-4-15(9-23)10-24-21/h4-7,10,16,20,27H,2-3,8,11-13H2,1H3,(H,24,25)/t16?,20-/m0/s1. The molecule has 2 aliphatic heterocycles. The topological polar surface area (TPSA) is 98.5 Å². The zero-order valence-electron chi connectivity index (χ0n) is 16.4. The first-order chi connectivity index (χ1) is 14.1. The molecule has 1 aromatic heterocycles. The third kappa shape index (κ3) is 3.95. The fraction of sp³-hybridized carbons (Fsp3) is 0.409. The largest absolute Gasteiger partial charge is 0.457 e. The lowest BCUT2D eigenvalue weighted by molar-refractivity contribution is 0.0535. The van der Waals surface area contributed by atoms with Crippen molar-refractivity contribution in [3.63, 3.8) is 0 Å². The Hall–Kier alpha value is -2.95. The number of nitrogens with zero attached hydrogens (tertiary/aromatic N) is 3. The van der Waals surface area contributed by atoms with E-state index < -0.39 is 6.10 Å². The van der Waals surface area contributed by atoms with E-state index in [1.165, 1.54) is 0 Å². The third-order valence-electron chi connectivity index (χ3n) is 5.88. The van der Waals surface area contributed by atoms with Gasteiger partial charge >= 0.3 is 5.97 Å². The number of benzene rings is 1. The number of esters is 1. The highest BCUT2D eigenvalue weighted by Crippen LogP contribution is 2.30. The summed E-state index contributed by atoms with van der Waals surface area (Å²) in [7, 11) is 0. The van der Waals surface area contributed by atoms with Gasteiger partial charge in [0.05, 0.1) is 17.2 Å². The summed E-state index contributed by atoms with van der Waals surface area (Å²) in [5, 5.41) is 23.1. The molecular weight excluding hydrogens is 368 g/mol. The number of pyridine rings is 1. The first kappa shape index (κ1) is 19.4. The van der Waals surface area contributed by atoms with E-state index in [2.05, 4.69) is 21.3 Å². The van der Waals surface area contributed by atoms with Crippen LogP contribution in [0.3, 0.4) is 0 Å². The highest BCUT2D eigenvalue weighted by Gasteiger charge is 2.29. The fourth-order valence-electron chi connectivity index (χ4n) is 4.20. The number of ether oxygens (including phenoxy) is 1. The lowest BCUT2D eigenvalue weighted by Gasteiger charge is -2.28. The highest BCUT2D eigenvalue weighted by atomic mass is 16.5. The molecule has 2 aliphatic rings. The van der Waals surface area contributed by atoms with Crippen LogP contribution in [0.2, 0.25) is 0 Å². The SMILES string of the molecule is Cc1c([C@@H](O)CN2CCCC2CNc2ccc(C#N)cn2)ccc2c1COC2=O. The van der Waals surface area contributed by atoms with E-state index in [0.29, 0.717) is 23.7 Å². The Morgan fingerprint density at radius 1 is 1.41 bits per heavy atom. The van der Waals surface area contributed by atoms with Crippen molar-refractivity contribution in [1.29, 1.82) is 5.26 Å². The van der Waals surface area contributed by atoms with Crippen LogP contribution in [0.4, 0.5) is 5.82 Å². The Kier molecular flexibility index (Phi) is 5.47. The number of anilines is 1. The predicted molar refractivity (Wildman–Crippen MR) is 107 cm³/mol. The van der Waals surface area contributed by atoms with E-state index >= 15 is 0 Å². The number of aromatic nitrogens is 1. The molecule has 2 N–H and O–H groups in total. The van der Waals surface area contributed by atoms with Crippen LogP contribution in [-0.4, -0.2) is 46.6 Å². The van der Waals surface area contributed by atoms with Gasteiger partial charge in [0, 0.05) is 30.9 Å². The van der Waals surface area contributed by atoms with Gasteiger partial charge in [0.2, 0.25) is 0 Å². The molecule has 0 aliphatic carbocycles. The second-order valence-electron chi connectivity index (χ2n) is 7.61. The van der Waals surface area contributed by atoms with Gasteiger partial charge in [-0.25, -0.2) is 9.78 Å². The number of rotatable bonds is 6. The van der Waals surface area contributed by atoms with Crippen LogP contribution in [0.15, 0.2) is 30.5 Å². The van der Waals surface area contributed by atoms with Crippen LogP contribution >= 0.6 is 0 Å². The molecule has 0 saturated carbocycles. The number of carbonyl (C=O) groups excluding carboxylic acids is 1. The zero-order chi connectivity index (χ0) is 20.4. The minimum atomic E-state index is -0.621. The van der Waals surface area contributed by atoms with Crippen LogP contribution < -0.4 is 5.32 Å². The highest BCUT2D eigenvalue weighted by molar-refractivity contribution is 5.93. The van der Waals surface area contributed by atoms with E-state index in [1.54, 1.807) is 18.3 Å². The molecule has 1 saturated heterocycles. The molecule has 1 unspecified atom stereocenters. The number of hydrogen-bond acceptors (Lipinski definition) is 7. The van der Waals surface area contributed by atoms with Gasteiger partial charge < -0.3 is 15.2 Å². The second-order valence-corrected chi connectivity index (χ2v) is 7.61. The van der Waals surface area contributed by atoms with Crippen LogP contribution in [-0.2, 0) is 11.3 Å². The maximum Gasteiger partial charge on any atom is 0.338 e. The Morgan fingerprint density at radius 2 is 2.28 bits per heavy atom. The zero-order valence-corrected chi connectivity index (χ0v) is 16.4. The molecule has 0 amide bonds. The van der Waals surface area contributed by atoms with Crippen molar-refractivity contribution in [2.75, 3.05) is 25.0 Å². The summed E-state index contributed by atoms with van der Waals surface area (Å²) in [5.41, 5.74) is 3.83. The van der Waals surface area contributed by atoms with Crippen LogP contribution in [0, 0.1) is 18.3 Å². The minimum Gasteiger partial charge on any atom is -0.457 e. The summed E-state index contributed by atoms with van der Waals surface area (Å²) in [5.74, 6) is 0.460. The fourth-order valence-corrected chi connectivity index (χ4v) is 4.20. The molecule has 7 nitrogen and oxygen atoms in total. The normalized spacial score (nSPS) is 19.5. The summed E-state index contributed by atoms with van der Waals surface area (Å²) in [6.45, 7) is 4.45. The molecule has 0 radical (unpaired) electrons. The first-order valence-corrected chi connectivity index (χ1v) is 9.88. The van der Waals surface area contributed by atoms with E-state index in [1.807, 2.05) is 19.1 Å². The molecule has 0 spiro atoms. The van der Waals surface area contributed by atoms with Crippen LogP contribution in [0.5, 0.6) is 0 Å². The lowest BCUT2D eigenvalue weighted by Crippen LogP contribution is -2.38. The number of nitriles is 1. The molecule has 2 aromatic rings. The van der Waals surface area contributed by atoms with Gasteiger partial charge in [0.25, 0.3) is 0 Å². The van der Waals surface area contributed by atoms with Crippen molar-refractivity contribution < 1.29 is 14.6 Å². The molecule has 29 heavy (non-hydrogen) atoms. The van der Waals surface area contributed by atoms with Crippen molar-refractivity contribution in [2.45, 2.75) is 38.5 Å². The number of cyclic esters (lactones) is 1. The maximum atomic E-state index is 11.7. The predicted octanol–water partition coefficient (Wildman–Crippen LogP) is 2.54. The van der Waals surface area contributed by atoms with Crippen LogP contribution in [0.25, 0.3) is 0 Å². The number of hydrogen-bond donors (Lipinski definition) is 2. The molecule has 0 bridgehead atoms. The Morgan fingerprint density at radius 3 is 3.03 bits per heavy atom. The Labute approximate surface area is 169 Å². The van der Waals surface area contributed by atoms with Crippen molar-refractivity contribution in [1.82, 2.24) is 9.88 Å². The number of nitrogens with one attached hydrogen (secondary N) is 1. The number of β-amino-alcohol motifs (C(OH)–C–C–N with tert-alkyl or cyclic N) is 1. The lowest BCUT2D eigenvalue weighted by atomic mass is 9.95. The van der Waals surface area contributed by atoms with Gasteiger partial charge in [0.15, 0.2) is 0 Å². The number of aliphatic hydroxyl groups is 1. The van der Waals surface area contributed by atoms with Crippen molar-refractivity contribution in [2.24, 2.45) is 0 Å². The summed E-state index contributed by atoms with van der Waals surface area (Å²) in [6.07, 6.45) is 3.08. The molecular formula is C22H24N4O3. The van der Waals surface area contributed by atoms with Crippen molar-refractivity contribution in [3.05, 3.63) is 58.3 Å². The first-order valence-electron chi connectivity index (χ1n) is 9.88. The summed E-state index contributed by atoms with van der Waals surface area (Å²) < 4.78 is 5.11. The molecule has 3 heterocycles. The summed E-state index contributed by atoms with van der Waals surface area (Å²) >= 11 is 0. The summed E-state index contributed by atoms with van der Waals surface area (Å²) in [4.78, 5) is 18.3. The molecule has 4 rings (SSSR count). The number of aliphatic hydroxyl groups excluding tert-OH is 1. The third-order valence-corrected chi connectivity index (χ3v) is 5.88. The smallest absolute Gasteiger partial charge is 0.338 e. The Bertz CT molecular complexity index is 952. The van der Waals surface area contributed by atoms with E-state index in [9.17, 15) is 9.90 Å². The van der Waals surface area contributed by atoms with Crippen LogP contribution in [0.1, 0.15) is 51.6 Å². The second kappa shape index (κ2) is 8.19. The van der Waals surface area contributed by atoms with Gasteiger partial charge in [0.1, 0.15) is 18.5 Å². The molecule has 2 atom stereocenters. The maximum absolute atomic E-state index is 11.7. The Balaban J connectivity index is 1.39. The van der Waals surface area contributed by atoms with Gasteiger partial charge in [-0.05, 0) is 55.6 Å². The van der Waals surface area contributed by atoms with Gasteiger partial charge in [-0.15, -0.1) is 0 Å². The minimum absolute atomic E-state index is 0.286. The van der Waals surface area contributed by atoms with Crippen molar-refractivity contribution >= 4 is 11.8 Å². The monoisotopic (exact) mass is 392 g/mol. The molecule has 7 heteroatoms. The number of fused-ring (bicyclic) bond motifs is 1. The van der Waals surface area contributed by atoms with Gasteiger partial charge in [-0.3, -0.25) is 4.90 Å². The average molecular weight is 392 g/mol. The van der Waals surface area contributed by atoms with Gasteiger partial charge in [-0.1, -0.05) is 6.07 Å². The number of likely N-dealkylation sites (tertiary alicyclic amines) is 1. The van der Waals surface area contributed by atoms with E-state index in [4.69, 9.17) is 10.00 Å². The van der Waals surface area contributed by atoms with E-state index in [0.717, 1.165) is 48.4 Å². The van der Waals surface area contributed by atoms with E-state index in [-0.39, 0.29) is 12.6 Å². The average Bonchev–Trinajstić information content (AvgIpc) is 3.34. The number of carbonyl (C=O) groups is 1.